The van der Waals surface area contributed by atoms with Gasteiger partial charge in [0.1, 0.15) is 72.6 Å². The van der Waals surface area contributed by atoms with Crippen LogP contribution in [0.3, 0.4) is 0 Å². The van der Waals surface area contributed by atoms with E-state index in [2.05, 4.69) is 66.6 Å². The molecule has 3 heterocycles. The number of fused-ring (bicyclic) bond motifs is 3. The Morgan fingerprint density at radius 1 is 0.575 bits per heavy atom. The van der Waals surface area contributed by atoms with E-state index < -0.39 is 29.7 Å². The van der Waals surface area contributed by atoms with Crippen LogP contribution < -0.4 is 9.47 Å². The van der Waals surface area contributed by atoms with Gasteiger partial charge in [-0.3, -0.25) is 14.2 Å². The first-order chi connectivity index (χ1) is 37.5. The zero-order valence-electron chi connectivity index (χ0n) is 50.3. The lowest BCUT2D eigenvalue weighted by Crippen LogP contribution is -2.23. The Morgan fingerprint density at radius 2 is 0.975 bits per heavy atom. The van der Waals surface area contributed by atoms with E-state index in [1.807, 2.05) is 47.6 Å². The van der Waals surface area contributed by atoms with Crippen LogP contribution in [0.1, 0.15) is 159 Å². The predicted molar refractivity (Wildman–Crippen MR) is 320 cm³/mol. The first-order valence-electron chi connectivity index (χ1n) is 27.9. The number of allylic oxidation sites excluding steroid dienone is 5. The molecule has 3 aliphatic heterocycles. The van der Waals surface area contributed by atoms with Gasteiger partial charge in [-0.2, -0.15) is 0 Å². The van der Waals surface area contributed by atoms with Gasteiger partial charge >= 0.3 is 25.5 Å². The summed E-state index contributed by atoms with van der Waals surface area (Å²) in [4.78, 5) is 86.8. The summed E-state index contributed by atoms with van der Waals surface area (Å²) in [5.41, 5.74) is 14.9. The number of carbonyl (C=O) groups is 6. The van der Waals surface area contributed by atoms with E-state index in [-0.39, 0.29) is 42.4 Å². The molecule has 3 aliphatic rings. The minimum Gasteiger partial charge on any atom is -0.507 e. The zero-order chi connectivity index (χ0) is 60.4. The quantitative estimate of drug-likeness (QED) is 0.0144. The van der Waals surface area contributed by atoms with E-state index in [4.69, 9.17) is 33.5 Å². The van der Waals surface area contributed by atoms with Crippen LogP contribution in [0.25, 0.3) is 0 Å². The average Bonchev–Trinajstić information content (AvgIpc) is 4.12. The number of rotatable bonds is 24. The number of benzene rings is 3. The molecule has 0 aromatic heterocycles. The van der Waals surface area contributed by atoms with Crippen LogP contribution in [0.2, 0.25) is 51.4 Å². The van der Waals surface area contributed by atoms with E-state index in [1.54, 1.807) is 6.08 Å². The van der Waals surface area contributed by atoms with Crippen molar-refractivity contribution in [1.82, 2.24) is 0 Å². The van der Waals surface area contributed by atoms with Crippen LogP contribution in [0.15, 0.2) is 35.5 Å². The van der Waals surface area contributed by atoms with Crippen molar-refractivity contribution in [3.63, 3.8) is 0 Å². The fourth-order valence-electron chi connectivity index (χ4n) is 9.73. The highest BCUT2D eigenvalue weighted by Crippen LogP contribution is 2.43. The van der Waals surface area contributed by atoms with Gasteiger partial charge in [-0.15, -0.1) is 0 Å². The van der Waals surface area contributed by atoms with Crippen molar-refractivity contribution in [1.29, 1.82) is 0 Å². The van der Waals surface area contributed by atoms with Gasteiger partial charge in [0.05, 0.1) is 19.4 Å². The molecule has 15 nitrogen and oxygen atoms in total. The number of ether oxygens (including phenoxy) is 5. The Kier molecular flexibility index (Phi) is 26.5. The highest BCUT2D eigenvalue weighted by Gasteiger charge is 2.35. The van der Waals surface area contributed by atoms with E-state index in [0.29, 0.717) is 97.9 Å². The molecule has 0 saturated heterocycles. The van der Waals surface area contributed by atoms with Crippen LogP contribution in [0.4, 0.5) is 0 Å². The fraction of sp³-hybridized carbons (Fsp3) is 0.516. The lowest BCUT2D eigenvalue weighted by Gasteiger charge is -2.22. The van der Waals surface area contributed by atoms with Crippen molar-refractivity contribution >= 4 is 60.5 Å². The van der Waals surface area contributed by atoms with Crippen molar-refractivity contribution in [2.75, 3.05) is 19.4 Å². The summed E-state index contributed by atoms with van der Waals surface area (Å²) >= 11 is 0. The number of hydrogen-bond acceptors (Lipinski definition) is 13. The molecule has 0 saturated carbocycles. The molecule has 0 radical (unpaired) electrons. The topological polar surface area (TPSA) is 226 Å². The smallest absolute Gasteiger partial charge is 0.342 e. The summed E-state index contributed by atoms with van der Waals surface area (Å²) in [5.74, 6) is 0.0272. The Hall–Kier alpha value is -5.72. The monoisotopic (exact) mass is 1160 g/mol. The van der Waals surface area contributed by atoms with Crippen molar-refractivity contribution in [2.45, 2.75) is 191 Å². The number of phenols is 1. The van der Waals surface area contributed by atoms with Gasteiger partial charge in [0, 0.05) is 55.9 Å². The predicted octanol–water partition coefficient (Wildman–Crippen LogP) is 12.9. The number of aldehydes is 3. The molecule has 0 fully saturated rings. The van der Waals surface area contributed by atoms with Crippen molar-refractivity contribution in [2.24, 2.45) is 0 Å². The third-order valence-electron chi connectivity index (χ3n) is 14.6. The summed E-state index contributed by atoms with van der Waals surface area (Å²) in [5, 5.41) is 10.6. The molecule has 0 atom stereocenters. The highest BCUT2D eigenvalue weighted by molar-refractivity contribution is 7.52. The molecule has 3 aromatic rings. The van der Waals surface area contributed by atoms with Gasteiger partial charge in [0.25, 0.3) is 0 Å². The second-order valence-electron chi connectivity index (χ2n) is 22.6. The Balaban J connectivity index is 0.000000300. The summed E-state index contributed by atoms with van der Waals surface area (Å²) in [6.07, 6.45) is 11.5. The summed E-state index contributed by atoms with van der Waals surface area (Å²) < 4.78 is 39.1. The second kappa shape index (κ2) is 30.9. The maximum Gasteiger partial charge on any atom is 0.342 e. The standard InChI is InChI=1S/C22H32O4Si.C18H26O4Si.C17H23O6P.C5H8O/c1-7-16(13-23)9-10-18-17(8-2)15(3)19-14-26-22(24)20(19)21(18)25-11-12-27(4,5)6;1-6-13-12(2)15-11-22-18(20)16(15)17(14(13)7-8-19)21-9-10-23(3,4)5;1-4-11(9-24(20,21)22)6-7-13-12(5-2)10(3)14-8-23-17(19)15(14)16(13)18;1-3-5(2)4-6/h9,13H,7-8,10-12,14H2,1-6H3;8H,6-7,9-11H2,1-5H3;6,18H,4-5,7-9H2,1-3H3,(H2,20,21,22);4H,2-3H2,1H3/b16-9+;;11-6+;. The molecule has 3 N–H and O–H groups in total. The average molecular weight is 1160 g/mol. The van der Waals surface area contributed by atoms with E-state index in [0.717, 1.165) is 111 Å². The number of esters is 3. The van der Waals surface area contributed by atoms with E-state index >= 15 is 0 Å². The maximum absolute atomic E-state index is 12.4. The first kappa shape index (κ1) is 68.6. The molecule has 0 amide bonds. The SMILES string of the molecule is C=C(C=O)CC.CC/C(=C\Cc1c(O)c2c(c(C)c1CC)COC2=O)CP(=O)(O)O.CC/C(C=O)=C\Cc1c(CC)c(C)c2c(c1OCC[Si](C)(C)C)C(=O)OC2.CCc1c(C)c2c(c(OCC[Si](C)(C)C)c1CC=O)C(=O)OC2. The van der Waals surface area contributed by atoms with Crippen molar-refractivity contribution in [3.8, 4) is 17.2 Å². The zero-order valence-corrected chi connectivity index (χ0v) is 53.2. The molecule has 3 aromatic carbocycles. The van der Waals surface area contributed by atoms with Crippen LogP contribution >= 0.6 is 7.60 Å². The molecular weight excluding hydrogens is 1070 g/mol. The number of hydrogen-bond donors (Lipinski definition) is 3. The summed E-state index contributed by atoms with van der Waals surface area (Å²) in [6, 6.07) is 2.03. The molecule has 6 rings (SSSR count). The molecule has 0 spiro atoms. The second-order valence-corrected chi connectivity index (χ2v) is 35.5. The molecule has 0 bridgehead atoms. The minimum atomic E-state index is -4.13. The van der Waals surface area contributed by atoms with Crippen LogP contribution in [0.5, 0.6) is 17.2 Å². The summed E-state index contributed by atoms with van der Waals surface area (Å²) in [7, 11) is -6.61. The lowest BCUT2D eigenvalue weighted by molar-refractivity contribution is -0.107. The van der Waals surface area contributed by atoms with Gasteiger partial charge in [-0.25, -0.2) is 14.4 Å². The third kappa shape index (κ3) is 18.4. The number of cyclic esters (lactones) is 3. The number of phenolic OH excluding ortho intramolecular Hbond substituents is 1. The molecule has 18 heteroatoms. The van der Waals surface area contributed by atoms with Crippen LogP contribution in [0, 0.1) is 20.8 Å². The van der Waals surface area contributed by atoms with Gasteiger partial charge in [0.15, 0.2) is 0 Å². The normalized spacial score (nSPS) is 13.7. The number of aromatic hydroxyl groups is 1. The molecule has 0 aliphatic carbocycles. The molecular formula is C62H89O15PSi2. The molecule has 440 valence electrons. The van der Waals surface area contributed by atoms with Crippen LogP contribution in [-0.2, 0) is 91.5 Å². The summed E-state index contributed by atoms with van der Waals surface area (Å²) in [6.45, 7) is 37.0. The molecule has 80 heavy (non-hydrogen) atoms. The van der Waals surface area contributed by atoms with Gasteiger partial charge < -0.3 is 43.4 Å². The lowest BCUT2D eigenvalue weighted by atomic mass is 9.89. The van der Waals surface area contributed by atoms with Gasteiger partial charge in [0.2, 0.25) is 0 Å². The minimum absolute atomic E-state index is 0.0715. The largest absolute Gasteiger partial charge is 0.507 e. The van der Waals surface area contributed by atoms with E-state index in [1.165, 1.54) is 5.56 Å². The van der Waals surface area contributed by atoms with Crippen molar-refractivity contribution < 1.29 is 71.9 Å². The van der Waals surface area contributed by atoms with Crippen molar-refractivity contribution in [3.05, 3.63) is 119 Å². The van der Waals surface area contributed by atoms with Gasteiger partial charge in [-0.05, 0) is 129 Å². The van der Waals surface area contributed by atoms with Gasteiger partial charge in [-0.1, -0.05) is 105 Å². The Labute approximate surface area is 477 Å². The number of carbonyl (C=O) groups excluding carboxylic acids is 6. The van der Waals surface area contributed by atoms with E-state index in [9.17, 15) is 38.4 Å². The maximum atomic E-state index is 12.4. The molecule has 0 unspecified atom stereocenters. The highest BCUT2D eigenvalue weighted by atomic mass is 31.2. The third-order valence-corrected chi connectivity index (χ3v) is 18.9. The Bertz CT molecular complexity index is 2890. The first-order valence-corrected chi connectivity index (χ1v) is 37.1. The fourth-order valence-corrected chi connectivity index (χ4v) is 12.0. The Morgan fingerprint density at radius 3 is 1.31 bits per heavy atom. The van der Waals surface area contributed by atoms with Crippen LogP contribution in [-0.4, -0.2) is 87.2 Å².